The van der Waals surface area contributed by atoms with E-state index in [1.54, 1.807) is 71.0 Å². The smallest absolute Gasteiger partial charge is 0.399 e. The van der Waals surface area contributed by atoms with Crippen LogP contribution in [0.3, 0.4) is 0 Å². The van der Waals surface area contributed by atoms with E-state index in [2.05, 4.69) is 178 Å². The molecule has 2 aliphatic heterocycles. The molecular weight excluding hydrogens is 2120 g/mol. The van der Waals surface area contributed by atoms with Gasteiger partial charge in [-0.3, -0.25) is 39.7 Å². The number of rotatable bonds is 14. The van der Waals surface area contributed by atoms with E-state index >= 15 is 0 Å². The Morgan fingerprint density at radius 2 is 0.750 bits per heavy atom. The Bertz CT molecular complexity index is 7090. The van der Waals surface area contributed by atoms with Crippen molar-refractivity contribution in [3.8, 4) is 66.9 Å². The fraction of sp³-hybridized carbons (Fsp3) is 0.361. The van der Waals surface area contributed by atoms with Gasteiger partial charge in [-0.1, -0.05) is 96.9 Å². The third-order valence-electron chi connectivity index (χ3n) is 24.6. The number of aromatic nitrogens is 14. The highest BCUT2D eigenvalue weighted by Gasteiger charge is 2.55. The number of nitrogens with two attached hydrogens (primary N) is 5. The minimum absolute atomic E-state index is 0.0700. The van der Waals surface area contributed by atoms with Crippen molar-refractivity contribution in [2.45, 2.75) is 201 Å². The summed E-state index contributed by atoms with van der Waals surface area (Å²) in [6.07, 6.45) is 3.72. The van der Waals surface area contributed by atoms with Crippen LogP contribution in [0.5, 0.6) is 0 Å². The highest BCUT2D eigenvalue weighted by Crippen LogP contribution is 2.45. The van der Waals surface area contributed by atoms with Crippen molar-refractivity contribution in [1.82, 2.24) is 70.4 Å². The number of anilines is 5. The summed E-state index contributed by atoms with van der Waals surface area (Å²) >= 11 is 13.2. The molecule has 2 fully saturated rings. The van der Waals surface area contributed by atoms with Gasteiger partial charge < -0.3 is 98.6 Å². The topological polar surface area (TPSA) is 573 Å². The first-order chi connectivity index (χ1) is 67.2. The Morgan fingerprint density at radius 1 is 0.403 bits per heavy atom. The van der Waals surface area contributed by atoms with Gasteiger partial charge in [0, 0.05) is 145 Å². The summed E-state index contributed by atoms with van der Waals surface area (Å²) in [5.41, 5.74) is 52.1. The van der Waals surface area contributed by atoms with Crippen molar-refractivity contribution in [2.24, 2.45) is 14.1 Å². The van der Waals surface area contributed by atoms with Gasteiger partial charge >= 0.3 is 14.2 Å². The van der Waals surface area contributed by atoms with Crippen LogP contribution in [0, 0.1) is 141 Å². The number of para-hydroxylation sites is 2. The zero-order valence-electron chi connectivity index (χ0n) is 85.8. The maximum absolute atomic E-state index is 10.9. The van der Waals surface area contributed by atoms with E-state index in [4.69, 9.17) is 88.6 Å². The predicted molar refractivity (Wildman–Crippen MR) is 567 cm³/mol. The number of fused-ring (bicyclic) bond motifs is 2. The first-order valence-corrected chi connectivity index (χ1v) is 47.8. The second-order valence-corrected chi connectivity index (χ2v) is 39.6. The third-order valence-corrected chi connectivity index (χ3v) is 26.7. The molecule has 16 aromatic rings. The number of nitro benzene ring substituents is 3. The molecule has 0 saturated carbocycles. The molecule has 18 rings (SSSR count). The van der Waals surface area contributed by atoms with Crippen molar-refractivity contribution in [1.29, 1.82) is 0 Å². The van der Waals surface area contributed by atoms with E-state index < -0.39 is 20.7 Å². The number of nitrogen functional groups attached to an aromatic ring is 5. The van der Waals surface area contributed by atoms with Crippen LogP contribution < -0.4 is 39.7 Å². The normalized spacial score (nSPS) is 13.5. The first-order valence-electron chi connectivity index (χ1n) is 44.6. The fourth-order valence-electron chi connectivity index (χ4n) is 15.6. The van der Waals surface area contributed by atoms with Crippen molar-refractivity contribution in [3.63, 3.8) is 0 Å². The van der Waals surface area contributed by atoms with E-state index in [1.807, 2.05) is 152 Å². The Labute approximate surface area is 865 Å². The SMILES string of the molecule is COC(C)(OC)OC.Cc1cnn(C)c1B1OC(C)(C)C(C)(C)O1.Cc1nc2c(-c3c(C)noc3C)cc(-c3c(C)cnn3C)cc2[nH]1.Cc1nc2c(-c3c(C)noc3C)cc(Br)cc2[nH]1.Cc1noc(C)c1-c1cc(Br)cc(N)c1N.Cc1noc(C)c1-c1cc(Br)cc([N+](=O)[O-])c1N.Cc1noc(C)c1-c1cccc([N+](=O)[O-])c1N.Cc1noc(C)c1B1OC(C)(C)C(C)(C)O1.Nc1c(Br)cccc1[N+](=O)[O-]. The number of halogens is 4. The molecule has 41 nitrogen and oxygen atoms in total. The van der Waals surface area contributed by atoms with Crippen LogP contribution in [-0.2, 0) is 46.9 Å². The highest BCUT2D eigenvalue weighted by atomic mass is 79.9. The number of hydrogen-bond acceptors (Lipinski definition) is 34. The number of H-pyrrole nitrogens is 2. The fourth-order valence-corrected chi connectivity index (χ4v) is 17.3. The highest BCUT2D eigenvalue weighted by molar-refractivity contribution is 9.11. The summed E-state index contributed by atoms with van der Waals surface area (Å²) in [4.78, 5) is 46.3. The lowest BCUT2D eigenvalue weighted by Crippen LogP contribution is -2.41. The minimum atomic E-state index is -0.875. The van der Waals surface area contributed by atoms with Crippen LogP contribution >= 0.6 is 63.7 Å². The molecule has 2 aliphatic rings. The number of nitrogens with zero attached hydrogens (tertiary/aromatic N) is 15. The summed E-state index contributed by atoms with van der Waals surface area (Å²) < 4.78 is 75.9. The standard InChI is InChI=1S/C18H19N5O.C13H12BrN3O.C11H19BN2O2.C11H18BNO3.C11H10BrN3O3.C11H12BrN3O.C11H11N3O3.C6H5BrN2O2.C5H12O3/c1-9-8-19-23(5)18(9)13-6-14(16-10(2)22-24-11(16)3)17-15(7-13)20-12(4)21-17;1-6-12(7(2)18-17-6)10-4-9(14)5-11-13(10)16-8(3)15-11;1-8-7-13-14(6)9(8)12-15-10(2,3)11(4,5)16-12;1-7-9(8(2)14-13-7)12-15-10(3,4)11(5,6)16-12;1-5-10(6(2)18-14-5)8-3-7(12)4-9(11(8)13)15(16)17;1-5-10(6(2)16-15-5)8-3-7(12)4-9(13)11(8)14;1-6-10(7(2)17-13-6)8-4-3-5-9(11(8)12)14(15)16;7-4-2-1-3-5(6(4)8)9(10)11;1-5(6-2,7-3)8-4/h6-8H,1-5H3,(H,20,21);4-5H,1-3H3,(H,15,16);7H,1-6H3;1-6H3;3-4H,13H2,1-2H3;3-4H,13-14H2,1-2H3;3-5H,12H2,1-2H3;1-3H,8H2;1-4H3. The summed E-state index contributed by atoms with van der Waals surface area (Å²) in [6, 6.07) is 24.4. The van der Waals surface area contributed by atoms with E-state index in [9.17, 15) is 30.3 Å². The lowest BCUT2D eigenvalue weighted by atomic mass is 9.77. The van der Waals surface area contributed by atoms with Gasteiger partial charge in [0.2, 0.25) is 0 Å². The van der Waals surface area contributed by atoms with Gasteiger partial charge in [0.05, 0.1) is 128 Å². The van der Waals surface area contributed by atoms with Crippen LogP contribution in [0.4, 0.5) is 45.5 Å². The molecule has 2 saturated heterocycles. The van der Waals surface area contributed by atoms with Crippen molar-refractivity contribution >= 4 is 157 Å². The Hall–Kier alpha value is -13.1. The molecule has 12 N–H and O–H groups in total. The molecular formula is C97H118B2Br4N22O19. The molecule has 0 spiro atoms. The second-order valence-electron chi connectivity index (χ2n) is 36.0. The molecule has 0 atom stereocenters. The molecule has 144 heavy (non-hydrogen) atoms. The maximum Gasteiger partial charge on any atom is 0.514 e. The van der Waals surface area contributed by atoms with Crippen molar-refractivity contribution in [3.05, 3.63) is 237 Å². The average molecular weight is 2240 g/mol. The first kappa shape index (κ1) is 113. The maximum atomic E-state index is 10.9. The number of ether oxygens (including phenoxy) is 3. The molecule has 0 aliphatic carbocycles. The zero-order chi connectivity index (χ0) is 107. The van der Waals surface area contributed by atoms with Gasteiger partial charge in [0.25, 0.3) is 23.0 Å². The summed E-state index contributed by atoms with van der Waals surface area (Å²) in [7, 11) is 7.73. The number of nitro groups is 3. The molecule has 0 bridgehead atoms. The second kappa shape index (κ2) is 45.9. The zero-order valence-corrected chi connectivity index (χ0v) is 92.1. The van der Waals surface area contributed by atoms with E-state index in [0.29, 0.717) is 65.5 Å². The van der Waals surface area contributed by atoms with Crippen LogP contribution in [0.2, 0.25) is 0 Å². The van der Waals surface area contributed by atoms with Gasteiger partial charge in [-0.05, 0) is 242 Å². The summed E-state index contributed by atoms with van der Waals surface area (Å²) in [5.74, 6) is 5.19. The quantitative estimate of drug-likeness (QED) is 0.0175. The lowest BCUT2D eigenvalue weighted by molar-refractivity contribution is -0.384. The molecule has 10 aromatic heterocycles. The number of nitrogens with one attached hydrogen (secondary N) is 2. The molecule has 0 radical (unpaired) electrons. The Kier molecular flexibility index (Phi) is 36.0. The minimum Gasteiger partial charge on any atom is -0.399 e. The number of methoxy groups -OCH3 is 3. The Balaban J connectivity index is 0.000000168. The number of hydrogen-bond donors (Lipinski definition) is 7. The van der Waals surface area contributed by atoms with Gasteiger partial charge in [-0.15, -0.1) is 0 Å². The Morgan fingerprint density at radius 3 is 1.12 bits per heavy atom. The molecule has 12 heterocycles. The van der Waals surface area contributed by atoms with Gasteiger partial charge in [0.1, 0.15) is 63.3 Å². The number of aryl methyl sites for hydroxylation is 18. The number of imidazole rings is 2. The van der Waals surface area contributed by atoms with Crippen LogP contribution in [0.1, 0.15) is 154 Å². The molecule has 0 unspecified atom stereocenters. The van der Waals surface area contributed by atoms with E-state index in [1.165, 1.54) is 39.5 Å². The van der Waals surface area contributed by atoms with Gasteiger partial charge in [-0.2, -0.15) is 10.2 Å². The van der Waals surface area contributed by atoms with Crippen LogP contribution in [0.25, 0.3) is 89.0 Å². The summed E-state index contributed by atoms with van der Waals surface area (Å²) in [6.45, 7) is 48.3. The molecule has 764 valence electrons. The van der Waals surface area contributed by atoms with Crippen LogP contribution in [0.15, 0.2) is 142 Å². The number of aromatic amines is 2. The number of benzene rings is 6. The lowest BCUT2D eigenvalue weighted by Gasteiger charge is -2.32. The summed E-state index contributed by atoms with van der Waals surface area (Å²) in [5, 5.41) is 64.2. The van der Waals surface area contributed by atoms with E-state index in [-0.39, 0.29) is 70.8 Å². The monoisotopic (exact) mass is 2230 g/mol. The molecule has 0 amide bonds. The van der Waals surface area contributed by atoms with Gasteiger partial charge in [0.15, 0.2) is 0 Å². The van der Waals surface area contributed by atoms with Crippen molar-refractivity contribution in [2.75, 3.05) is 50.0 Å². The van der Waals surface area contributed by atoms with Gasteiger partial charge in [-0.25, -0.2) is 9.97 Å². The average Bonchev–Trinajstić information content (AvgIpc) is 1.60. The molecule has 6 aromatic carbocycles. The van der Waals surface area contributed by atoms with Crippen LogP contribution in [-0.4, -0.2) is 149 Å². The largest absolute Gasteiger partial charge is 0.514 e. The van der Waals surface area contributed by atoms with Crippen molar-refractivity contribution < 1.29 is 74.7 Å². The predicted octanol–water partition coefficient (Wildman–Crippen LogP) is 21.5. The van der Waals surface area contributed by atoms with E-state index in [0.717, 1.165) is 155 Å². The third kappa shape index (κ3) is 25.1. The molecule has 47 heteroatoms.